The molecule has 0 unspecified atom stereocenters. The molecule has 0 bridgehead atoms. The summed E-state index contributed by atoms with van der Waals surface area (Å²) in [6.45, 7) is 5.48. The lowest BCUT2D eigenvalue weighted by atomic mass is 10.1. The predicted molar refractivity (Wildman–Crippen MR) is 104 cm³/mol. The minimum absolute atomic E-state index is 0.0287. The first-order chi connectivity index (χ1) is 12.5. The van der Waals surface area contributed by atoms with Gasteiger partial charge < -0.3 is 9.80 Å². The predicted octanol–water partition coefficient (Wildman–Crippen LogP) is 4.05. The standard InChI is InChI=1S/C21H23ClN2O2/c1-3-23(13-16-7-5-4-6-8-16)21(26)17-11-20(25)24(14-17)18-10-9-15(2)19(22)12-18/h4-10,12,17H,3,11,13-14H2,1-2H3/t17-/m0/s1. The van der Waals surface area contributed by atoms with Gasteiger partial charge in [0.1, 0.15) is 0 Å². The average Bonchev–Trinajstić information content (AvgIpc) is 3.04. The monoisotopic (exact) mass is 370 g/mol. The van der Waals surface area contributed by atoms with Gasteiger partial charge in [0.2, 0.25) is 11.8 Å². The first-order valence-corrected chi connectivity index (χ1v) is 9.26. The van der Waals surface area contributed by atoms with Crippen molar-refractivity contribution in [3.8, 4) is 0 Å². The summed E-state index contributed by atoms with van der Waals surface area (Å²) in [4.78, 5) is 28.9. The van der Waals surface area contributed by atoms with Crippen LogP contribution in [0.5, 0.6) is 0 Å². The number of anilines is 1. The van der Waals surface area contributed by atoms with Crippen molar-refractivity contribution in [2.75, 3.05) is 18.0 Å². The number of amides is 2. The van der Waals surface area contributed by atoms with Crippen molar-refractivity contribution in [2.45, 2.75) is 26.8 Å². The lowest BCUT2D eigenvalue weighted by molar-refractivity contribution is -0.136. The fraction of sp³-hybridized carbons (Fsp3) is 0.333. The second-order valence-electron chi connectivity index (χ2n) is 6.68. The van der Waals surface area contributed by atoms with Gasteiger partial charge in [-0.1, -0.05) is 48.0 Å². The third kappa shape index (κ3) is 3.91. The number of nitrogens with zero attached hydrogens (tertiary/aromatic N) is 2. The zero-order valence-corrected chi connectivity index (χ0v) is 15.9. The minimum atomic E-state index is -0.314. The van der Waals surface area contributed by atoms with Crippen LogP contribution in [0.4, 0.5) is 5.69 Å². The Morgan fingerprint density at radius 3 is 2.62 bits per heavy atom. The molecule has 2 amide bonds. The molecule has 0 radical (unpaired) electrons. The minimum Gasteiger partial charge on any atom is -0.338 e. The van der Waals surface area contributed by atoms with Crippen LogP contribution >= 0.6 is 11.6 Å². The first-order valence-electron chi connectivity index (χ1n) is 8.88. The molecule has 1 saturated heterocycles. The van der Waals surface area contributed by atoms with Crippen molar-refractivity contribution in [1.82, 2.24) is 4.90 Å². The van der Waals surface area contributed by atoms with E-state index in [1.807, 2.05) is 61.2 Å². The van der Waals surface area contributed by atoms with E-state index in [1.54, 1.807) is 11.0 Å². The van der Waals surface area contributed by atoms with Gasteiger partial charge >= 0.3 is 0 Å². The van der Waals surface area contributed by atoms with Crippen LogP contribution in [0, 0.1) is 12.8 Å². The van der Waals surface area contributed by atoms with E-state index in [9.17, 15) is 9.59 Å². The molecule has 2 aromatic rings. The maximum Gasteiger partial charge on any atom is 0.228 e. The Morgan fingerprint density at radius 1 is 1.23 bits per heavy atom. The Balaban J connectivity index is 1.72. The molecule has 4 nitrogen and oxygen atoms in total. The average molecular weight is 371 g/mol. The van der Waals surface area contributed by atoms with Crippen LogP contribution in [0.1, 0.15) is 24.5 Å². The van der Waals surface area contributed by atoms with E-state index >= 15 is 0 Å². The van der Waals surface area contributed by atoms with Crippen LogP contribution < -0.4 is 4.90 Å². The highest BCUT2D eigenvalue weighted by molar-refractivity contribution is 6.31. The van der Waals surface area contributed by atoms with Crippen molar-refractivity contribution >= 4 is 29.1 Å². The summed E-state index contributed by atoms with van der Waals surface area (Å²) in [6.07, 6.45) is 0.246. The summed E-state index contributed by atoms with van der Waals surface area (Å²) >= 11 is 6.19. The number of hydrogen-bond donors (Lipinski definition) is 0. The van der Waals surface area contributed by atoms with Gasteiger partial charge in [-0.25, -0.2) is 0 Å². The van der Waals surface area contributed by atoms with Gasteiger partial charge in [-0.3, -0.25) is 9.59 Å². The third-order valence-corrected chi connectivity index (χ3v) is 5.26. The molecule has 0 spiro atoms. The summed E-state index contributed by atoms with van der Waals surface area (Å²) in [7, 11) is 0. The number of carbonyl (C=O) groups excluding carboxylic acids is 2. The summed E-state index contributed by atoms with van der Waals surface area (Å²) < 4.78 is 0. The highest BCUT2D eigenvalue weighted by Gasteiger charge is 2.37. The topological polar surface area (TPSA) is 40.6 Å². The van der Waals surface area contributed by atoms with Crippen molar-refractivity contribution in [3.63, 3.8) is 0 Å². The maximum atomic E-state index is 12.9. The fourth-order valence-electron chi connectivity index (χ4n) is 3.28. The Hall–Kier alpha value is -2.33. The molecule has 0 N–H and O–H groups in total. The molecular weight excluding hydrogens is 348 g/mol. The van der Waals surface area contributed by atoms with E-state index in [0.717, 1.165) is 16.8 Å². The van der Waals surface area contributed by atoms with E-state index in [2.05, 4.69) is 0 Å². The van der Waals surface area contributed by atoms with Crippen LogP contribution in [0.25, 0.3) is 0 Å². The Kier molecular flexibility index (Phi) is 5.62. The van der Waals surface area contributed by atoms with E-state index < -0.39 is 0 Å². The number of benzene rings is 2. The summed E-state index contributed by atoms with van der Waals surface area (Å²) in [6, 6.07) is 15.5. The molecule has 0 aliphatic carbocycles. The second-order valence-corrected chi connectivity index (χ2v) is 7.08. The van der Waals surface area contributed by atoms with Gasteiger partial charge in [0.15, 0.2) is 0 Å². The number of rotatable bonds is 5. The lowest BCUT2D eigenvalue weighted by Gasteiger charge is -2.24. The summed E-state index contributed by atoms with van der Waals surface area (Å²) in [5.41, 5.74) is 2.82. The summed E-state index contributed by atoms with van der Waals surface area (Å²) in [5.74, 6) is -0.310. The van der Waals surface area contributed by atoms with Crippen LogP contribution in [0.15, 0.2) is 48.5 Å². The number of halogens is 1. The molecule has 0 saturated carbocycles. The lowest BCUT2D eigenvalue weighted by Crippen LogP contribution is -2.37. The Bertz CT molecular complexity index is 807. The smallest absolute Gasteiger partial charge is 0.228 e. The highest BCUT2D eigenvalue weighted by atomic mass is 35.5. The van der Waals surface area contributed by atoms with Crippen molar-refractivity contribution in [3.05, 3.63) is 64.7 Å². The first kappa shape index (κ1) is 18.5. The van der Waals surface area contributed by atoms with Crippen LogP contribution in [0.3, 0.4) is 0 Å². The molecule has 5 heteroatoms. The SMILES string of the molecule is CCN(Cc1ccccc1)C(=O)[C@H]1CC(=O)N(c2ccc(C)c(Cl)c2)C1. The molecule has 1 aliphatic rings. The van der Waals surface area contributed by atoms with Crippen LogP contribution in [0.2, 0.25) is 5.02 Å². The number of aryl methyl sites for hydroxylation is 1. The van der Waals surface area contributed by atoms with Crippen LogP contribution in [-0.4, -0.2) is 29.8 Å². The van der Waals surface area contributed by atoms with Crippen molar-refractivity contribution in [1.29, 1.82) is 0 Å². The van der Waals surface area contributed by atoms with E-state index in [-0.39, 0.29) is 24.2 Å². The molecular formula is C21H23ClN2O2. The molecule has 2 aromatic carbocycles. The molecule has 0 aromatic heterocycles. The molecule has 1 fully saturated rings. The van der Waals surface area contributed by atoms with E-state index in [0.29, 0.717) is 24.7 Å². The second kappa shape index (κ2) is 7.92. The summed E-state index contributed by atoms with van der Waals surface area (Å²) in [5, 5.41) is 0.629. The van der Waals surface area contributed by atoms with Gasteiger partial charge in [-0.2, -0.15) is 0 Å². The molecule has 26 heavy (non-hydrogen) atoms. The third-order valence-electron chi connectivity index (χ3n) is 4.85. The largest absolute Gasteiger partial charge is 0.338 e. The van der Waals surface area contributed by atoms with Gasteiger partial charge in [0, 0.05) is 36.8 Å². The van der Waals surface area contributed by atoms with Gasteiger partial charge in [0.05, 0.1) is 5.92 Å². The van der Waals surface area contributed by atoms with Gasteiger partial charge in [0.25, 0.3) is 0 Å². The molecule has 1 heterocycles. The number of hydrogen-bond acceptors (Lipinski definition) is 2. The van der Waals surface area contributed by atoms with E-state index in [1.165, 1.54) is 0 Å². The van der Waals surface area contributed by atoms with Crippen molar-refractivity contribution < 1.29 is 9.59 Å². The molecule has 136 valence electrons. The fourth-order valence-corrected chi connectivity index (χ4v) is 3.45. The zero-order valence-electron chi connectivity index (χ0n) is 15.1. The number of carbonyl (C=O) groups is 2. The highest BCUT2D eigenvalue weighted by Crippen LogP contribution is 2.29. The zero-order chi connectivity index (χ0) is 18.7. The van der Waals surface area contributed by atoms with Gasteiger partial charge in [-0.15, -0.1) is 0 Å². The normalized spacial score (nSPS) is 16.8. The Morgan fingerprint density at radius 2 is 1.96 bits per heavy atom. The van der Waals surface area contributed by atoms with Crippen LogP contribution in [-0.2, 0) is 16.1 Å². The van der Waals surface area contributed by atoms with Gasteiger partial charge in [-0.05, 0) is 37.1 Å². The molecule has 1 atom stereocenters. The quantitative estimate of drug-likeness (QED) is 0.796. The van der Waals surface area contributed by atoms with Crippen molar-refractivity contribution in [2.24, 2.45) is 5.92 Å². The molecule has 3 rings (SSSR count). The van der Waals surface area contributed by atoms with E-state index in [4.69, 9.17) is 11.6 Å². The molecule has 1 aliphatic heterocycles. The maximum absolute atomic E-state index is 12.9. The Labute approximate surface area is 159 Å².